The maximum absolute atomic E-state index is 3.92. The van der Waals surface area contributed by atoms with Crippen LogP contribution < -0.4 is 0 Å². The van der Waals surface area contributed by atoms with Crippen LogP contribution in [0.1, 0.15) is 26.7 Å². The zero-order valence-corrected chi connectivity index (χ0v) is 6.93. The zero-order valence-electron chi connectivity index (χ0n) is 6.93. The number of rotatable bonds is 1. The van der Waals surface area contributed by atoms with E-state index in [1.54, 1.807) is 0 Å². The van der Waals surface area contributed by atoms with E-state index in [1.165, 1.54) is 18.4 Å². The summed E-state index contributed by atoms with van der Waals surface area (Å²) >= 11 is 0. The summed E-state index contributed by atoms with van der Waals surface area (Å²) < 4.78 is 0. The van der Waals surface area contributed by atoms with Crippen molar-refractivity contribution in [2.75, 3.05) is 0 Å². The summed E-state index contributed by atoms with van der Waals surface area (Å²) in [4.78, 5) is 0. The third-order valence-corrected chi connectivity index (χ3v) is 2.23. The van der Waals surface area contributed by atoms with Crippen molar-refractivity contribution in [2.45, 2.75) is 26.7 Å². The first-order valence-electron chi connectivity index (χ1n) is 4.06. The Hall–Kier alpha value is -0.520. The van der Waals surface area contributed by atoms with Crippen molar-refractivity contribution in [3.05, 3.63) is 24.3 Å². The summed E-state index contributed by atoms with van der Waals surface area (Å²) in [7, 11) is 0. The summed E-state index contributed by atoms with van der Waals surface area (Å²) in [5.41, 5.74) is 1.29. The van der Waals surface area contributed by atoms with Gasteiger partial charge in [0.05, 0.1) is 0 Å². The maximum Gasteiger partial charge on any atom is -0.0204 e. The highest BCUT2D eigenvalue weighted by Gasteiger charge is 2.12. The summed E-state index contributed by atoms with van der Waals surface area (Å²) in [6, 6.07) is 0. The fraction of sp³-hybridized carbons (Fsp3) is 0.600. The molecule has 1 rings (SSSR count). The molecule has 0 bridgehead atoms. The summed E-state index contributed by atoms with van der Waals surface area (Å²) in [5.74, 6) is 1.59. The lowest BCUT2D eigenvalue weighted by Crippen LogP contribution is -2.08. The smallest absolute Gasteiger partial charge is 0.0204 e. The molecule has 0 saturated heterocycles. The SMILES string of the molecule is C=C1C=C[C@H](C(C)C)CC1. The first kappa shape index (κ1) is 7.59. The summed E-state index contributed by atoms with van der Waals surface area (Å²) in [6.45, 7) is 8.48. The van der Waals surface area contributed by atoms with Crippen LogP contribution in [0.15, 0.2) is 24.3 Å². The van der Waals surface area contributed by atoms with E-state index in [9.17, 15) is 0 Å². The molecule has 0 amide bonds. The molecule has 0 heterocycles. The van der Waals surface area contributed by atoms with Gasteiger partial charge in [-0.05, 0) is 24.7 Å². The van der Waals surface area contributed by atoms with E-state index in [0.29, 0.717) is 0 Å². The fourth-order valence-electron chi connectivity index (χ4n) is 1.35. The highest BCUT2D eigenvalue weighted by atomic mass is 14.2. The molecule has 0 aromatic carbocycles. The van der Waals surface area contributed by atoms with E-state index in [-0.39, 0.29) is 0 Å². The second-order valence-corrected chi connectivity index (χ2v) is 3.46. The van der Waals surface area contributed by atoms with Gasteiger partial charge in [-0.1, -0.05) is 38.2 Å². The van der Waals surface area contributed by atoms with Crippen molar-refractivity contribution in [1.29, 1.82) is 0 Å². The maximum atomic E-state index is 3.92. The van der Waals surface area contributed by atoms with E-state index in [1.807, 2.05) is 0 Å². The van der Waals surface area contributed by atoms with Crippen LogP contribution >= 0.6 is 0 Å². The Balaban J connectivity index is 2.53. The van der Waals surface area contributed by atoms with E-state index in [2.05, 4.69) is 32.6 Å². The minimum Gasteiger partial charge on any atom is -0.0958 e. The topological polar surface area (TPSA) is 0 Å². The van der Waals surface area contributed by atoms with Crippen molar-refractivity contribution in [3.8, 4) is 0 Å². The molecule has 10 heavy (non-hydrogen) atoms. The first-order chi connectivity index (χ1) is 4.70. The molecular formula is C10H16. The van der Waals surface area contributed by atoms with E-state index < -0.39 is 0 Å². The van der Waals surface area contributed by atoms with Crippen molar-refractivity contribution in [2.24, 2.45) is 11.8 Å². The van der Waals surface area contributed by atoms with Crippen LogP contribution in [0.3, 0.4) is 0 Å². The van der Waals surface area contributed by atoms with Crippen molar-refractivity contribution < 1.29 is 0 Å². The monoisotopic (exact) mass is 136 g/mol. The van der Waals surface area contributed by atoms with E-state index >= 15 is 0 Å². The summed E-state index contributed by atoms with van der Waals surface area (Å²) in [5, 5.41) is 0. The molecule has 1 aliphatic carbocycles. The van der Waals surface area contributed by atoms with Crippen LogP contribution in [-0.4, -0.2) is 0 Å². The van der Waals surface area contributed by atoms with Gasteiger partial charge in [0.15, 0.2) is 0 Å². The molecule has 0 nitrogen and oxygen atoms in total. The predicted molar refractivity (Wildman–Crippen MR) is 45.8 cm³/mol. The second kappa shape index (κ2) is 3.05. The van der Waals surface area contributed by atoms with Gasteiger partial charge in [0.1, 0.15) is 0 Å². The lowest BCUT2D eigenvalue weighted by atomic mass is 9.85. The van der Waals surface area contributed by atoms with E-state index in [0.717, 1.165) is 11.8 Å². The Morgan fingerprint density at radius 2 is 2.30 bits per heavy atom. The van der Waals surface area contributed by atoms with Gasteiger partial charge in [0.2, 0.25) is 0 Å². The van der Waals surface area contributed by atoms with Gasteiger partial charge in [0.25, 0.3) is 0 Å². The quantitative estimate of drug-likeness (QED) is 0.519. The Labute approximate surface area is 63.6 Å². The molecule has 1 aliphatic rings. The third kappa shape index (κ3) is 1.73. The zero-order chi connectivity index (χ0) is 7.56. The molecule has 0 aromatic heterocycles. The number of hydrogen-bond acceptors (Lipinski definition) is 0. The Morgan fingerprint density at radius 1 is 1.60 bits per heavy atom. The van der Waals surface area contributed by atoms with Crippen molar-refractivity contribution >= 4 is 0 Å². The largest absolute Gasteiger partial charge is 0.0958 e. The molecule has 0 saturated carbocycles. The predicted octanol–water partition coefficient (Wildman–Crippen LogP) is 3.16. The molecule has 0 radical (unpaired) electrons. The van der Waals surface area contributed by atoms with Crippen LogP contribution in [0.5, 0.6) is 0 Å². The highest BCUT2D eigenvalue weighted by molar-refractivity contribution is 5.19. The lowest BCUT2D eigenvalue weighted by molar-refractivity contribution is 0.429. The minimum atomic E-state index is 0.796. The lowest BCUT2D eigenvalue weighted by Gasteiger charge is -2.20. The molecule has 0 aliphatic heterocycles. The first-order valence-corrected chi connectivity index (χ1v) is 4.06. The average Bonchev–Trinajstić information content (AvgIpc) is 1.88. The molecule has 0 fully saturated rings. The average molecular weight is 136 g/mol. The van der Waals surface area contributed by atoms with Gasteiger partial charge >= 0.3 is 0 Å². The second-order valence-electron chi connectivity index (χ2n) is 3.46. The molecule has 0 N–H and O–H groups in total. The van der Waals surface area contributed by atoms with Crippen LogP contribution in [-0.2, 0) is 0 Å². The molecule has 56 valence electrons. The van der Waals surface area contributed by atoms with Gasteiger partial charge in [-0.3, -0.25) is 0 Å². The minimum absolute atomic E-state index is 0.796. The van der Waals surface area contributed by atoms with Gasteiger partial charge in [-0.25, -0.2) is 0 Å². The molecule has 0 aromatic rings. The molecule has 0 heteroatoms. The number of hydrogen-bond donors (Lipinski definition) is 0. The van der Waals surface area contributed by atoms with Gasteiger partial charge in [0, 0.05) is 0 Å². The summed E-state index contributed by atoms with van der Waals surface area (Å²) in [6.07, 6.45) is 6.97. The normalized spacial score (nSPS) is 25.9. The van der Waals surface area contributed by atoms with Gasteiger partial charge < -0.3 is 0 Å². The molecule has 1 atom stereocenters. The standard InChI is InChI=1S/C10H16/c1-8(2)10-6-4-9(3)5-7-10/h4,6,8,10H,3,5,7H2,1-2H3/t10-/m0/s1. The Morgan fingerprint density at radius 3 is 2.70 bits per heavy atom. The van der Waals surface area contributed by atoms with Crippen LogP contribution in [0.4, 0.5) is 0 Å². The molecular weight excluding hydrogens is 120 g/mol. The van der Waals surface area contributed by atoms with E-state index in [4.69, 9.17) is 0 Å². The van der Waals surface area contributed by atoms with Crippen LogP contribution in [0, 0.1) is 11.8 Å². The molecule has 0 unspecified atom stereocenters. The van der Waals surface area contributed by atoms with Crippen LogP contribution in [0.2, 0.25) is 0 Å². The fourth-order valence-corrected chi connectivity index (χ4v) is 1.35. The Kier molecular flexibility index (Phi) is 2.31. The third-order valence-electron chi connectivity index (χ3n) is 2.23. The van der Waals surface area contributed by atoms with Crippen molar-refractivity contribution in [3.63, 3.8) is 0 Å². The van der Waals surface area contributed by atoms with Crippen LogP contribution in [0.25, 0.3) is 0 Å². The van der Waals surface area contributed by atoms with Gasteiger partial charge in [-0.2, -0.15) is 0 Å². The van der Waals surface area contributed by atoms with Crippen molar-refractivity contribution in [1.82, 2.24) is 0 Å². The molecule has 0 spiro atoms. The van der Waals surface area contributed by atoms with Gasteiger partial charge in [-0.15, -0.1) is 0 Å². The Bertz CT molecular complexity index is 151. The number of allylic oxidation sites excluding steroid dienone is 3. The highest BCUT2D eigenvalue weighted by Crippen LogP contribution is 2.25.